The van der Waals surface area contributed by atoms with Crippen LogP contribution >= 0.6 is 0 Å². The van der Waals surface area contributed by atoms with E-state index in [1.165, 1.54) is 6.07 Å². The molecule has 0 saturated heterocycles. The van der Waals surface area contributed by atoms with Gasteiger partial charge in [0.15, 0.2) is 0 Å². The van der Waals surface area contributed by atoms with Gasteiger partial charge in [-0.1, -0.05) is 30.3 Å². The number of benzene rings is 1. The predicted octanol–water partition coefficient (Wildman–Crippen LogP) is 2.55. The first-order chi connectivity index (χ1) is 12.9. The molecule has 0 aliphatic carbocycles. The molecule has 6 nitrogen and oxygen atoms in total. The van der Waals surface area contributed by atoms with E-state index in [1.807, 2.05) is 43.3 Å². The van der Waals surface area contributed by atoms with E-state index in [0.717, 1.165) is 11.3 Å². The lowest BCUT2D eigenvalue weighted by Crippen LogP contribution is -2.31. The number of esters is 1. The molecular formula is C21H23N3O3. The van der Waals surface area contributed by atoms with Gasteiger partial charge in [-0.3, -0.25) is 10.2 Å². The van der Waals surface area contributed by atoms with Gasteiger partial charge in [0.1, 0.15) is 11.1 Å². The molecule has 0 amide bonds. The van der Waals surface area contributed by atoms with Crippen molar-refractivity contribution >= 4 is 16.9 Å². The van der Waals surface area contributed by atoms with Crippen LogP contribution in [-0.2, 0) is 24.8 Å². The third-order valence-electron chi connectivity index (χ3n) is 4.75. The average molecular weight is 365 g/mol. The fourth-order valence-corrected chi connectivity index (χ4v) is 3.14. The molecule has 3 aromatic rings. The van der Waals surface area contributed by atoms with Gasteiger partial charge < -0.3 is 13.9 Å². The molecule has 0 spiro atoms. The van der Waals surface area contributed by atoms with Crippen LogP contribution in [0.3, 0.4) is 0 Å². The SMILES string of the molecule is CCOC(=O)c1cc2c(=O)n(C)c(C)cc2n(CCc2ccccc2)c1=N. The molecule has 0 atom stereocenters. The van der Waals surface area contributed by atoms with E-state index in [-0.39, 0.29) is 23.2 Å². The first-order valence-corrected chi connectivity index (χ1v) is 8.93. The molecule has 6 heteroatoms. The number of hydrogen-bond acceptors (Lipinski definition) is 4. The molecule has 27 heavy (non-hydrogen) atoms. The largest absolute Gasteiger partial charge is 0.462 e. The zero-order chi connectivity index (χ0) is 19.6. The van der Waals surface area contributed by atoms with E-state index >= 15 is 0 Å². The summed E-state index contributed by atoms with van der Waals surface area (Å²) in [5.41, 5.74) is 2.56. The molecule has 0 saturated carbocycles. The second-order valence-electron chi connectivity index (χ2n) is 6.46. The maximum Gasteiger partial charge on any atom is 0.341 e. The maximum atomic E-state index is 12.8. The molecule has 1 N–H and O–H groups in total. The van der Waals surface area contributed by atoms with Crippen LogP contribution in [0.4, 0.5) is 0 Å². The molecule has 2 heterocycles. The topological polar surface area (TPSA) is 77.1 Å². The first-order valence-electron chi connectivity index (χ1n) is 8.93. The van der Waals surface area contributed by atoms with E-state index in [1.54, 1.807) is 23.1 Å². The summed E-state index contributed by atoms with van der Waals surface area (Å²) >= 11 is 0. The third-order valence-corrected chi connectivity index (χ3v) is 4.75. The van der Waals surface area contributed by atoms with Crippen molar-refractivity contribution < 1.29 is 9.53 Å². The number of carbonyl (C=O) groups excluding carboxylic acids is 1. The Morgan fingerprint density at radius 3 is 2.56 bits per heavy atom. The molecule has 2 aromatic heterocycles. The van der Waals surface area contributed by atoms with Crippen molar-refractivity contribution in [1.82, 2.24) is 9.13 Å². The molecule has 0 unspecified atom stereocenters. The lowest BCUT2D eigenvalue weighted by Gasteiger charge is -2.16. The van der Waals surface area contributed by atoms with Crippen LogP contribution in [0, 0.1) is 12.3 Å². The highest BCUT2D eigenvalue weighted by atomic mass is 16.5. The van der Waals surface area contributed by atoms with Gasteiger partial charge in [-0.15, -0.1) is 0 Å². The molecular weight excluding hydrogens is 342 g/mol. The molecule has 0 bridgehead atoms. The van der Waals surface area contributed by atoms with Crippen LogP contribution in [0.1, 0.15) is 28.5 Å². The summed E-state index contributed by atoms with van der Waals surface area (Å²) in [4.78, 5) is 25.1. The van der Waals surface area contributed by atoms with Crippen molar-refractivity contribution in [3.05, 3.63) is 75.1 Å². The number of nitrogens with one attached hydrogen (secondary N) is 1. The zero-order valence-corrected chi connectivity index (χ0v) is 15.8. The average Bonchev–Trinajstić information content (AvgIpc) is 2.66. The summed E-state index contributed by atoms with van der Waals surface area (Å²) < 4.78 is 8.36. The smallest absolute Gasteiger partial charge is 0.341 e. The fourth-order valence-electron chi connectivity index (χ4n) is 3.14. The van der Waals surface area contributed by atoms with E-state index in [0.29, 0.717) is 23.9 Å². The van der Waals surface area contributed by atoms with Crippen molar-refractivity contribution in [2.24, 2.45) is 7.05 Å². The van der Waals surface area contributed by atoms with Crippen molar-refractivity contribution in [3.8, 4) is 0 Å². The quantitative estimate of drug-likeness (QED) is 0.706. The second kappa shape index (κ2) is 7.61. The number of ether oxygens (including phenoxy) is 1. The Kier molecular flexibility index (Phi) is 5.26. The van der Waals surface area contributed by atoms with Gasteiger partial charge in [0.05, 0.1) is 17.5 Å². The number of nitrogens with zero attached hydrogens (tertiary/aromatic N) is 2. The minimum atomic E-state index is -0.583. The van der Waals surface area contributed by atoms with Crippen molar-refractivity contribution in [2.75, 3.05) is 6.61 Å². The Balaban J connectivity index is 2.21. The van der Waals surface area contributed by atoms with Gasteiger partial charge >= 0.3 is 5.97 Å². The maximum absolute atomic E-state index is 12.8. The van der Waals surface area contributed by atoms with E-state index < -0.39 is 5.97 Å². The van der Waals surface area contributed by atoms with E-state index in [4.69, 9.17) is 10.1 Å². The molecule has 1 aromatic carbocycles. The lowest BCUT2D eigenvalue weighted by atomic mass is 10.1. The second-order valence-corrected chi connectivity index (χ2v) is 6.46. The summed E-state index contributed by atoms with van der Waals surface area (Å²) in [6, 6.07) is 13.3. The van der Waals surface area contributed by atoms with Gasteiger partial charge in [-0.25, -0.2) is 4.79 Å². The summed E-state index contributed by atoms with van der Waals surface area (Å²) in [7, 11) is 1.70. The molecule has 0 aliphatic rings. The van der Waals surface area contributed by atoms with E-state index in [9.17, 15) is 9.59 Å². The van der Waals surface area contributed by atoms with Crippen molar-refractivity contribution in [2.45, 2.75) is 26.8 Å². The first kappa shape index (κ1) is 18.6. The van der Waals surface area contributed by atoms with Crippen LogP contribution in [0.2, 0.25) is 0 Å². The summed E-state index contributed by atoms with van der Waals surface area (Å²) in [5, 5.41) is 8.96. The standard InChI is InChI=1S/C21H23N3O3/c1-4-27-21(26)17-13-16-18(12-14(2)23(3)20(16)25)24(19(17)22)11-10-15-8-6-5-7-9-15/h5-9,12-13,22H,4,10-11H2,1-3H3. The minimum absolute atomic E-state index is 0.0598. The monoisotopic (exact) mass is 365 g/mol. The highest BCUT2D eigenvalue weighted by molar-refractivity contribution is 5.93. The Labute approximate surface area is 157 Å². The van der Waals surface area contributed by atoms with Crippen molar-refractivity contribution in [3.63, 3.8) is 0 Å². The number of fused-ring (bicyclic) bond motifs is 1. The number of pyridine rings is 2. The van der Waals surface area contributed by atoms with Crippen molar-refractivity contribution in [1.29, 1.82) is 5.41 Å². The van der Waals surface area contributed by atoms with E-state index in [2.05, 4.69) is 0 Å². The lowest BCUT2D eigenvalue weighted by molar-refractivity contribution is 0.0523. The summed E-state index contributed by atoms with van der Waals surface area (Å²) in [6.45, 7) is 4.27. The molecule has 0 radical (unpaired) electrons. The Hall–Kier alpha value is -3.15. The Morgan fingerprint density at radius 1 is 1.19 bits per heavy atom. The molecule has 0 aliphatic heterocycles. The van der Waals surface area contributed by atoms with Crippen LogP contribution in [-0.4, -0.2) is 21.7 Å². The third kappa shape index (κ3) is 3.56. The molecule has 140 valence electrons. The van der Waals surface area contributed by atoms with Crippen LogP contribution in [0.5, 0.6) is 0 Å². The number of aromatic nitrogens is 2. The van der Waals surface area contributed by atoms with Gasteiger partial charge in [-0.2, -0.15) is 0 Å². The summed E-state index contributed by atoms with van der Waals surface area (Å²) in [5.74, 6) is -0.583. The number of rotatable bonds is 5. The molecule has 0 fully saturated rings. The fraction of sp³-hybridized carbons (Fsp3) is 0.286. The highest BCUT2D eigenvalue weighted by Crippen LogP contribution is 2.14. The van der Waals surface area contributed by atoms with Crippen LogP contribution in [0.25, 0.3) is 10.9 Å². The number of aryl methyl sites for hydroxylation is 3. The number of carbonyl (C=O) groups is 1. The Morgan fingerprint density at radius 2 is 1.89 bits per heavy atom. The normalized spacial score (nSPS) is 10.9. The molecule has 3 rings (SSSR count). The number of hydrogen-bond donors (Lipinski definition) is 1. The van der Waals surface area contributed by atoms with Gasteiger partial charge in [0.2, 0.25) is 0 Å². The predicted molar refractivity (Wildman–Crippen MR) is 104 cm³/mol. The van der Waals surface area contributed by atoms with Gasteiger partial charge in [0, 0.05) is 19.3 Å². The highest BCUT2D eigenvalue weighted by Gasteiger charge is 2.17. The van der Waals surface area contributed by atoms with Gasteiger partial charge in [-0.05, 0) is 38.0 Å². The summed E-state index contributed by atoms with van der Waals surface area (Å²) in [6.07, 6.45) is 0.688. The van der Waals surface area contributed by atoms with Crippen LogP contribution < -0.4 is 11.0 Å². The van der Waals surface area contributed by atoms with Crippen LogP contribution in [0.15, 0.2) is 47.3 Å². The Bertz CT molecular complexity index is 1110. The zero-order valence-electron chi connectivity index (χ0n) is 15.8. The minimum Gasteiger partial charge on any atom is -0.462 e. The van der Waals surface area contributed by atoms with Gasteiger partial charge in [0.25, 0.3) is 5.56 Å².